The number of nitrogens with zero attached hydrogens (tertiary/aromatic N) is 5. The van der Waals surface area contributed by atoms with Crippen molar-refractivity contribution in [1.29, 1.82) is 0 Å². The Balaban J connectivity index is 1.66. The van der Waals surface area contributed by atoms with E-state index in [2.05, 4.69) is 25.6 Å². The highest BCUT2D eigenvalue weighted by Crippen LogP contribution is 2.22. The van der Waals surface area contributed by atoms with Gasteiger partial charge in [-0.15, -0.1) is 0 Å². The molecule has 0 aliphatic carbocycles. The second-order valence-electron chi connectivity index (χ2n) is 10.6. The lowest BCUT2D eigenvalue weighted by Crippen LogP contribution is -2.33. The monoisotopic (exact) mass is 629 g/mol. The first-order chi connectivity index (χ1) is 20.4. The summed E-state index contributed by atoms with van der Waals surface area (Å²) in [5.41, 5.74) is 0.890. The van der Waals surface area contributed by atoms with E-state index in [1.54, 1.807) is 39.0 Å². The summed E-state index contributed by atoms with van der Waals surface area (Å²) < 4.78 is 5.27. The number of amides is 2. The van der Waals surface area contributed by atoms with Gasteiger partial charge in [-0.1, -0.05) is 53.7 Å². The lowest BCUT2D eigenvalue weighted by Gasteiger charge is -2.21. The zero-order valence-corrected chi connectivity index (χ0v) is 26.2. The minimum Gasteiger partial charge on any atom is -0.444 e. The molecule has 2 aromatic carbocycles. The van der Waals surface area contributed by atoms with Gasteiger partial charge in [-0.3, -0.25) is 14.9 Å². The van der Waals surface area contributed by atoms with Crippen LogP contribution in [0.4, 0.5) is 16.4 Å². The number of anilines is 1. The molecule has 230 valence electrons. The van der Waals surface area contributed by atoms with E-state index in [9.17, 15) is 19.7 Å². The number of para-hydroxylation sites is 1. The third-order valence-electron chi connectivity index (χ3n) is 5.85. The lowest BCUT2D eigenvalue weighted by molar-refractivity contribution is -0.385. The normalized spacial score (nSPS) is 11.1. The Labute approximate surface area is 260 Å². The van der Waals surface area contributed by atoms with Crippen molar-refractivity contribution in [1.82, 2.24) is 25.2 Å². The molecule has 3 rings (SSSR count). The molecule has 0 radical (unpaired) electrons. The molecule has 0 saturated heterocycles. The van der Waals surface area contributed by atoms with Gasteiger partial charge in [0.2, 0.25) is 11.9 Å². The van der Waals surface area contributed by atoms with Gasteiger partial charge in [-0.05, 0) is 44.9 Å². The van der Waals surface area contributed by atoms with Gasteiger partial charge in [0.25, 0.3) is 5.69 Å². The fourth-order valence-electron chi connectivity index (χ4n) is 3.81. The molecule has 12 nitrogen and oxygen atoms in total. The summed E-state index contributed by atoms with van der Waals surface area (Å²) in [4.78, 5) is 50.4. The summed E-state index contributed by atoms with van der Waals surface area (Å²) in [6, 6.07) is 13.9. The molecule has 0 aliphatic heterocycles. The number of hydrogen-bond donors (Lipinski definition) is 2. The molecule has 2 N–H and O–H groups in total. The number of nitrogens with one attached hydrogen (secondary N) is 2. The number of aryl methyl sites for hydroxylation is 1. The van der Waals surface area contributed by atoms with E-state index < -0.39 is 16.6 Å². The zero-order valence-electron chi connectivity index (χ0n) is 24.6. The lowest BCUT2D eigenvalue weighted by atomic mass is 10.1. The van der Waals surface area contributed by atoms with Gasteiger partial charge >= 0.3 is 6.09 Å². The fourth-order valence-corrected chi connectivity index (χ4v) is 4.75. The number of rotatable bonds is 14. The van der Waals surface area contributed by atoms with Crippen LogP contribution in [0.15, 0.2) is 53.7 Å². The molecular weight excluding hydrogens is 594 g/mol. The maximum atomic E-state index is 12.3. The van der Waals surface area contributed by atoms with Crippen LogP contribution in [-0.4, -0.2) is 62.0 Å². The van der Waals surface area contributed by atoms with Crippen molar-refractivity contribution >= 4 is 47.0 Å². The molecule has 14 heteroatoms. The molecule has 43 heavy (non-hydrogen) atoms. The Morgan fingerprint density at radius 2 is 1.79 bits per heavy atom. The van der Waals surface area contributed by atoms with Gasteiger partial charge in [-0.2, -0.15) is 9.97 Å². The number of ether oxygens (including phenoxy) is 1. The van der Waals surface area contributed by atoms with Gasteiger partial charge in [0.05, 0.1) is 11.5 Å². The summed E-state index contributed by atoms with van der Waals surface area (Å²) in [5.74, 6) is 1.30. The van der Waals surface area contributed by atoms with Crippen molar-refractivity contribution in [2.75, 3.05) is 25.0 Å². The maximum Gasteiger partial charge on any atom is 0.407 e. The SMILES string of the molecule is CC(=O)N(CCNc1nc(CCCNC(=O)OC(C)(C)C)nc(SCc2ccc(Cl)cc2)n1)Cc1ccccc1[N+](=O)[O-]. The van der Waals surface area contributed by atoms with Crippen LogP contribution in [0.3, 0.4) is 0 Å². The summed E-state index contributed by atoms with van der Waals surface area (Å²) in [6.07, 6.45) is 0.581. The van der Waals surface area contributed by atoms with Crippen LogP contribution >= 0.6 is 23.4 Å². The molecule has 0 saturated carbocycles. The van der Waals surface area contributed by atoms with E-state index in [-0.39, 0.29) is 24.7 Å². The number of benzene rings is 2. The minimum absolute atomic E-state index is 0.0349. The van der Waals surface area contributed by atoms with E-state index in [1.165, 1.54) is 29.7 Å². The van der Waals surface area contributed by atoms with Crippen molar-refractivity contribution in [3.63, 3.8) is 0 Å². The predicted octanol–water partition coefficient (Wildman–Crippen LogP) is 5.64. The molecule has 2 amide bonds. The Kier molecular flexibility index (Phi) is 12.5. The van der Waals surface area contributed by atoms with Crippen LogP contribution in [0, 0.1) is 10.1 Å². The third kappa shape index (κ3) is 12.0. The molecular formula is C29H36ClN7O5S. The second kappa shape index (κ2) is 16.0. The molecule has 0 bridgehead atoms. The number of aromatic nitrogens is 3. The van der Waals surface area contributed by atoms with E-state index in [0.717, 1.165) is 5.56 Å². The van der Waals surface area contributed by atoms with Crippen LogP contribution in [0.5, 0.6) is 0 Å². The fraction of sp³-hybridized carbons (Fsp3) is 0.414. The van der Waals surface area contributed by atoms with Gasteiger partial charge < -0.3 is 20.3 Å². The number of nitro benzene ring substituents is 1. The largest absolute Gasteiger partial charge is 0.444 e. The van der Waals surface area contributed by atoms with Crippen LogP contribution in [0.2, 0.25) is 5.02 Å². The quantitative estimate of drug-likeness (QED) is 0.0991. The Morgan fingerprint density at radius 1 is 1.07 bits per heavy atom. The highest BCUT2D eigenvalue weighted by atomic mass is 35.5. The maximum absolute atomic E-state index is 12.3. The van der Waals surface area contributed by atoms with E-state index in [0.29, 0.717) is 59.2 Å². The summed E-state index contributed by atoms with van der Waals surface area (Å²) in [5, 5.41) is 18.5. The third-order valence-corrected chi connectivity index (χ3v) is 7.02. The molecule has 1 heterocycles. The number of nitro groups is 1. The van der Waals surface area contributed by atoms with Gasteiger partial charge in [0.1, 0.15) is 11.4 Å². The van der Waals surface area contributed by atoms with E-state index >= 15 is 0 Å². The van der Waals surface area contributed by atoms with Gasteiger partial charge in [0, 0.05) is 55.4 Å². The van der Waals surface area contributed by atoms with Crippen molar-refractivity contribution in [2.45, 2.75) is 63.6 Å². The summed E-state index contributed by atoms with van der Waals surface area (Å²) in [7, 11) is 0. The van der Waals surface area contributed by atoms with E-state index in [1.807, 2.05) is 24.3 Å². The van der Waals surface area contributed by atoms with Gasteiger partial charge in [-0.25, -0.2) is 9.78 Å². The number of hydrogen-bond acceptors (Lipinski definition) is 10. The van der Waals surface area contributed by atoms with Crippen molar-refractivity contribution < 1.29 is 19.2 Å². The molecule has 0 atom stereocenters. The molecule has 0 spiro atoms. The Bertz CT molecular complexity index is 1400. The summed E-state index contributed by atoms with van der Waals surface area (Å²) >= 11 is 7.45. The van der Waals surface area contributed by atoms with Crippen LogP contribution in [0.25, 0.3) is 0 Å². The topological polar surface area (TPSA) is 152 Å². The highest BCUT2D eigenvalue weighted by Gasteiger charge is 2.18. The van der Waals surface area contributed by atoms with Crippen molar-refractivity contribution in [2.24, 2.45) is 0 Å². The first-order valence-corrected chi connectivity index (χ1v) is 15.1. The minimum atomic E-state index is -0.580. The smallest absolute Gasteiger partial charge is 0.407 e. The molecule has 0 aliphatic rings. The zero-order chi connectivity index (χ0) is 31.4. The van der Waals surface area contributed by atoms with Crippen molar-refractivity contribution in [3.8, 4) is 0 Å². The average Bonchev–Trinajstić information content (AvgIpc) is 2.93. The van der Waals surface area contributed by atoms with Crippen LogP contribution in [-0.2, 0) is 28.2 Å². The first-order valence-electron chi connectivity index (χ1n) is 13.7. The molecule has 3 aromatic rings. The number of thioether (sulfide) groups is 1. The number of halogens is 1. The molecule has 0 fully saturated rings. The molecule has 1 aromatic heterocycles. The number of carbonyl (C=O) groups is 2. The highest BCUT2D eigenvalue weighted by molar-refractivity contribution is 7.98. The standard InChI is InChI=1S/C29H36ClN7O5S/c1-20(38)36(18-22-8-5-6-9-24(22)37(40)41)17-16-31-26-33-25(10-7-15-32-28(39)42-29(2,3)4)34-27(35-26)43-19-21-11-13-23(30)14-12-21/h5-6,8-9,11-14H,7,10,15-19H2,1-4H3,(H,32,39)(H,31,33,34,35). The summed E-state index contributed by atoms with van der Waals surface area (Å²) in [6.45, 7) is 7.90. The Morgan fingerprint density at radius 3 is 2.47 bits per heavy atom. The number of carbonyl (C=O) groups excluding carboxylic acids is 2. The number of alkyl carbamates (subject to hydrolysis) is 1. The Hall–Kier alpha value is -3.97. The van der Waals surface area contributed by atoms with E-state index in [4.69, 9.17) is 16.3 Å². The second-order valence-corrected chi connectivity index (χ2v) is 11.9. The van der Waals surface area contributed by atoms with Crippen LogP contribution in [0.1, 0.15) is 51.1 Å². The molecule has 0 unspecified atom stereocenters. The average molecular weight is 630 g/mol. The van der Waals surface area contributed by atoms with Crippen molar-refractivity contribution in [3.05, 3.63) is 80.6 Å². The van der Waals surface area contributed by atoms with Crippen LogP contribution < -0.4 is 10.6 Å². The van der Waals surface area contributed by atoms with Gasteiger partial charge in [0.15, 0.2) is 5.16 Å². The predicted molar refractivity (Wildman–Crippen MR) is 166 cm³/mol. The first kappa shape index (κ1) is 33.5.